The van der Waals surface area contributed by atoms with Gasteiger partial charge in [-0.15, -0.1) is 0 Å². The third-order valence-corrected chi connectivity index (χ3v) is 6.10. The average molecular weight is 386 g/mol. The van der Waals surface area contributed by atoms with Gasteiger partial charge in [0, 0.05) is 24.7 Å². The zero-order valence-electron chi connectivity index (χ0n) is 14.3. The van der Waals surface area contributed by atoms with E-state index in [0.29, 0.717) is 10.6 Å². The lowest BCUT2D eigenvalue weighted by molar-refractivity contribution is 0.241. The Morgan fingerprint density at radius 2 is 1.65 bits per heavy atom. The highest BCUT2D eigenvalue weighted by molar-refractivity contribution is 8.13. The normalized spacial score (nSPS) is 11.3. The summed E-state index contributed by atoms with van der Waals surface area (Å²) in [4.78, 5) is 14.1. The monoisotopic (exact) mass is 386 g/mol. The molecule has 0 fully saturated rings. The van der Waals surface area contributed by atoms with Gasteiger partial charge in [0.05, 0.1) is 4.90 Å². The Balaban J connectivity index is 1.85. The summed E-state index contributed by atoms with van der Waals surface area (Å²) >= 11 is 1.04. The van der Waals surface area contributed by atoms with Crippen LogP contribution in [-0.2, 0) is 10.0 Å². The molecule has 0 spiro atoms. The molecule has 0 aliphatic heterocycles. The molecule has 1 N–H and O–H groups in total. The van der Waals surface area contributed by atoms with Gasteiger partial charge in [0.15, 0.2) is 0 Å². The number of rotatable bonds is 4. The molecule has 3 rings (SSSR count). The SMILES string of the molecule is CN(C)C(=O)Sc1cccc(NS(=O)(=O)c2ccc3ccccc3c2)c1. The number of nitrogens with one attached hydrogen (secondary N) is 1. The molecule has 3 aromatic carbocycles. The lowest BCUT2D eigenvalue weighted by Crippen LogP contribution is -2.16. The lowest BCUT2D eigenvalue weighted by atomic mass is 10.1. The second-order valence-corrected chi connectivity index (χ2v) is 8.61. The number of fused-ring (bicyclic) bond motifs is 1. The summed E-state index contributed by atoms with van der Waals surface area (Å²) < 4.78 is 28.0. The number of thioether (sulfide) groups is 1. The first-order chi connectivity index (χ1) is 12.3. The van der Waals surface area contributed by atoms with Crippen molar-refractivity contribution in [1.82, 2.24) is 4.90 Å². The minimum atomic E-state index is -3.72. The molecule has 0 aliphatic rings. The minimum absolute atomic E-state index is 0.125. The van der Waals surface area contributed by atoms with E-state index in [-0.39, 0.29) is 10.1 Å². The molecular weight excluding hydrogens is 368 g/mol. The van der Waals surface area contributed by atoms with Gasteiger partial charge in [0.25, 0.3) is 15.3 Å². The van der Waals surface area contributed by atoms with Crippen molar-refractivity contribution in [2.24, 2.45) is 0 Å². The van der Waals surface area contributed by atoms with Crippen molar-refractivity contribution in [3.05, 3.63) is 66.7 Å². The summed E-state index contributed by atoms with van der Waals surface area (Å²) in [6.07, 6.45) is 0. The molecule has 0 saturated carbocycles. The summed E-state index contributed by atoms with van der Waals surface area (Å²) in [6, 6.07) is 19.4. The van der Waals surface area contributed by atoms with Crippen molar-refractivity contribution < 1.29 is 13.2 Å². The number of carbonyl (C=O) groups excluding carboxylic acids is 1. The third-order valence-electron chi connectivity index (χ3n) is 3.69. The van der Waals surface area contributed by atoms with Crippen LogP contribution >= 0.6 is 11.8 Å². The number of benzene rings is 3. The van der Waals surface area contributed by atoms with Crippen molar-refractivity contribution in [2.75, 3.05) is 18.8 Å². The zero-order chi connectivity index (χ0) is 18.7. The summed E-state index contributed by atoms with van der Waals surface area (Å²) in [5.74, 6) is 0. The van der Waals surface area contributed by atoms with Crippen molar-refractivity contribution in [3.8, 4) is 0 Å². The Kier molecular flexibility index (Phi) is 5.20. The van der Waals surface area contributed by atoms with Crippen molar-refractivity contribution >= 4 is 43.5 Å². The van der Waals surface area contributed by atoms with Crippen LogP contribution in [0.4, 0.5) is 10.5 Å². The molecule has 0 unspecified atom stereocenters. The standard InChI is InChI=1S/C19H18N2O3S2/c1-21(2)19(22)25-17-9-5-8-16(13-17)20-26(23,24)18-11-10-14-6-3-4-7-15(14)12-18/h3-13,20H,1-2H3. The summed E-state index contributed by atoms with van der Waals surface area (Å²) in [7, 11) is -0.384. The van der Waals surface area contributed by atoms with Gasteiger partial charge in [0.2, 0.25) is 0 Å². The molecule has 3 aromatic rings. The Hall–Kier alpha value is -2.51. The van der Waals surface area contributed by atoms with Crippen molar-refractivity contribution in [3.63, 3.8) is 0 Å². The minimum Gasteiger partial charge on any atom is -0.339 e. The van der Waals surface area contributed by atoms with E-state index in [2.05, 4.69) is 4.72 Å². The molecule has 0 saturated heterocycles. The molecule has 5 nitrogen and oxygen atoms in total. The first-order valence-corrected chi connectivity index (χ1v) is 10.2. The fraction of sp³-hybridized carbons (Fsp3) is 0.105. The molecule has 134 valence electrons. The van der Waals surface area contributed by atoms with E-state index in [1.807, 2.05) is 24.3 Å². The highest BCUT2D eigenvalue weighted by Gasteiger charge is 2.15. The first-order valence-electron chi connectivity index (χ1n) is 7.86. The van der Waals surface area contributed by atoms with E-state index in [0.717, 1.165) is 22.5 Å². The van der Waals surface area contributed by atoms with Crippen LogP contribution in [0, 0.1) is 0 Å². The van der Waals surface area contributed by atoms with Crippen molar-refractivity contribution in [2.45, 2.75) is 9.79 Å². The fourth-order valence-electron chi connectivity index (χ4n) is 2.36. The Morgan fingerprint density at radius 3 is 2.38 bits per heavy atom. The zero-order valence-corrected chi connectivity index (χ0v) is 16.0. The number of anilines is 1. The molecule has 26 heavy (non-hydrogen) atoms. The maximum absolute atomic E-state index is 12.7. The molecule has 0 aliphatic carbocycles. The number of hydrogen-bond donors (Lipinski definition) is 1. The Morgan fingerprint density at radius 1 is 0.923 bits per heavy atom. The van der Waals surface area contributed by atoms with Crippen LogP contribution in [0.5, 0.6) is 0 Å². The van der Waals surface area contributed by atoms with Gasteiger partial charge in [-0.25, -0.2) is 8.42 Å². The lowest BCUT2D eigenvalue weighted by Gasteiger charge is -2.12. The predicted octanol–water partition coefficient (Wildman–Crippen LogP) is 4.41. The first kappa shape index (κ1) is 18.3. The van der Waals surface area contributed by atoms with E-state index in [4.69, 9.17) is 0 Å². The van der Waals surface area contributed by atoms with Gasteiger partial charge in [-0.1, -0.05) is 36.4 Å². The molecular formula is C19H18N2O3S2. The van der Waals surface area contributed by atoms with Gasteiger partial charge in [-0.05, 0) is 52.9 Å². The number of sulfonamides is 1. The number of hydrogen-bond acceptors (Lipinski definition) is 4. The molecule has 0 bridgehead atoms. The van der Waals surface area contributed by atoms with E-state index in [1.54, 1.807) is 56.6 Å². The smallest absolute Gasteiger partial charge is 0.285 e. The number of nitrogens with zero attached hydrogens (tertiary/aromatic N) is 1. The van der Waals surface area contributed by atoms with Crippen LogP contribution in [0.3, 0.4) is 0 Å². The predicted molar refractivity (Wildman–Crippen MR) is 106 cm³/mol. The van der Waals surface area contributed by atoms with Gasteiger partial charge in [0.1, 0.15) is 0 Å². The van der Waals surface area contributed by atoms with Crippen LogP contribution in [0.25, 0.3) is 10.8 Å². The molecule has 0 aromatic heterocycles. The second-order valence-electron chi connectivity index (χ2n) is 5.90. The van der Waals surface area contributed by atoms with E-state index in [1.165, 1.54) is 4.90 Å². The molecule has 0 radical (unpaired) electrons. The van der Waals surface area contributed by atoms with Gasteiger partial charge in [-0.2, -0.15) is 0 Å². The maximum Gasteiger partial charge on any atom is 0.285 e. The Labute approximate surface area is 157 Å². The van der Waals surface area contributed by atoms with Crippen LogP contribution < -0.4 is 4.72 Å². The maximum atomic E-state index is 12.7. The van der Waals surface area contributed by atoms with Gasteiger partial charge in [-0.3, -0.25) is 9.52 Å². The highest BCUT2D eigenvalue weighted by atomic mass is 32.2. The molecule has 0 atom stereocenters. The molecule has 7 heteroatoms. The fourth-order valence-corrected chi connectivity index (χ4v) is 4.16. The average Bonchev–Trinajstić information content (AvgIpc) is 2.61. The van der Waals surface area contributed by atoms with Crippen LogP contribution in [0.15, 0.2) is 76.5 Å². The summed E-state index contributed by atoms with van der Waals surface area (Å²) in [5.41, 5.74) is 0.412. The number of carbonyl (C=O) groups is 1. The summed E-state index contributed by atoms with van der Waals surface area (Å²) in [5, 5.41) is 1.71. The topological polar surface area (TPSA) is 66.5 Å². The van der Waals surface area contributed by atoms with Gasteiger partial charge >= 0.3 is 0 Å². The number of amides is 1. The molecule has 0 heterocycles. The third kappa shape index (κ3) is 4.17. The van der Waals surface area contributed by atoms with E-state index >= 15 is 0 Å². The largest absolute Gasteiger partial charge is 0.339 e. The quantitative estimate of drug-likeness (QED) is 0.674. The van der Waals surface area contributed by atoms with Crippen LogP contribution in [-0.4, -0.2) is 32.7 Å². The second kappa shape index (κ2) is 7.39. The van der Waals surface area contributed by atoms with E-state index < -0.39 is 10.0 Å². The summed E-state index contributed by atoms with van der Waals surface area (Å²) in [6.45, 7) is 0. The van der Waals surface area contributed by atoms with Gasteiger partial charge < -0.3 is 4.90 Å². The molecule has 1 amide bonds. The van der Waals surface area contributed by atoms with E-state index in [9.17, 15) is 13.2 Å². The van der Waals surface area contributed by atoms with Crippen LogP contribution in [0.2, 0.25) is 0 Å². The van der Waals surface area contributed by atoms with Crippen LogP contribution in [0.1, 0.15) is 0 Å². The highest BCUT2D eigenvalue weighted by Crippen LogP contribution is 2.26. The van der Waals surface area contributed by atoms with Crippen molar-refractivity contribution in [1.29, 1.82) is 0 Å². The Bertz CT molecular complexity index is 1060.